The average Bonchev–Trinajstić information content (AvgIpc) is 3.38. The Labute approximate surface area is 190 Å². The first-order valence-electron chi connectivity index (χ1n) is 12.0. The highest BCUT2D eigenvalue weighted by molar-refractivity contribution is 6.00. The summed E-state index contributed by atoms with van der Waals surface area (Å²) in [5.41, 5.74) is 0.427. The molecule has 2 aliphatic rings. The molecule has 1 saturated carbocycles. The highest BCUT2D eigenvalue weighted by Gasteiger charge is 2.48. The van der Waals surface area contributed by atoms with Crippen molar-refractivity contribution in [3.05, 3.63) is 36.2 Å². The molecular formula is C25H35N3O4. The van der Waals surface area contributed by atoms with Gasteiger partial charge in [0.15, 0.2) is 0 Å². The van der Waals surface area contributed by atoms with Gasteiger partial charge in [0.05, 0.1) is 18.5 Å². The van der Waals surface area contributed by atoms with Crippen LogP contribution in [0.1, 0.15) is 69.3 Å². The lowest BCUT2D eigenvalue weighted by molar-refractivity contribution is -0.133. The van der Waals surface area contributed by atoms with Crippen LogP contribution in [-0.2, 0) is 16.1 Å². The van der Waals surface area contributed by atoms with Crippen LogP contribution in [-0.4, -0.2) is 52.6 Å². The Morgan fingerprint density at radius 1 is 1.19 bits per heavy atom. The number of furan rings is 1. The van der Waals surface area contributed by atoms with E-state index in [-0.39, 0.29) is 17.9 Å². The summed E-state index contributed by atoms with van der Waals surface area (Å²) < 4.78 is 13.0. The quantitative estimate of drug-likeness (QED) is 0.491. The summed E-state index contributed by atoms with van der Waals surface area (Å²) in [5, 5.41) is 3.30. The van der Waals surface area contributed by atoms with Gasteiger partial charge in [-0.1, -0.05) is 25.7 Å². The summed E-state index contributed by atoms with van der Waals surface area (Å²) in [6.45, 7) is 5.94. The largest absolute Gasteiger partial charge is 0.463 e. The van der Waals surface area contributed by atoms with E-state index in [1.807, 2.05) is 42.7 Å². The lowest BCUT2D eigenvalue weighted by atomic mass is 9.93. The van der Waals surface area contributed by atoms with Gasteiger partial charge in [0.25, 0.3) is 5.91 Å². The topological polar surface area (TPSA) is 76.7 Å². The molecule has 0 aromatic carbocycles. The minimum Gasteiger partial charge on any atom is -0.463 e. The van der Waals surface area contributed by atoms with E-state index in [1.165, 1.54) is 12.8 Å². The fourth-order valence-corrected chi connectivity index (χ4v) is 5.00. The number of nitrogens with one attached hydrogen (secondary N) is 1. The number of hydrogen-bond donors (Lipinski definition) is 1. The van der Waals surface area contributed by atoms with Crippen molar-refractivity contribution in [2.75, 3.05) is 19.8 Å². The predicted molar refractivity (Wildman–Crippen MR) is 122 cm³/mol. The van der Waals surface area contributed by atoms with Crippen molar-refractivity contribution in [1.82, 2.24) is 14.8 Å². The first kappa shape index (κ1) is 22.6. The Bertz CT molecular complexity index is 912. The summed E-state index contributed by atoms with van der Waals surface area (Å²) in [6, 6.07) is 7.62. The van der Waals surface area contributed by atoms with Crippen molar-refractivity contribution in [2.45, 2.75) is 76.9 Å². The zero-order chi connectivity index (χ0) is 22.6. The molecule has 3 heterocycles. The zero-order valence-corrected chi connectivity index (χ0v) is 19.3. The van der Waals surface area contributed by atoms with Crippen molar-refractivity contribution in [1.29, 1.82) is 0 Å². The van der Waals surface area contributed by atoms with Crippen LogP contribution in [0, 0.1) is 0 Å². The second-order valence-corrected chi connectivity index (χ2v) is 9.11. The van der Waals surface area contributed by atoms with E-state index in [2.05, 4.69) is 5.32 Å². The minimum absolute atomic E-state index is 0.0705. The molecule has 0 unspecified atom stereocenters. The number of carbonyl (C=O) groups is 2. The van der Waals surface area contributed by atoms with Crippen LogP contribution in [0.15, 0.2) is 34.9 Å². The third-order valence-electron chi connectivity index (χ3n) is 6.83. The molecule has 7 heteroatoms. The van der Waals surface area contributed by atoms with Gasteiger partial charge in [-0.25, -0.2) is 0 Å². The van der Waals surface area contributed by atoms with E-state index in [4.69, 9.17) is 9.15 Å². The molecule has 0 saturated heterocycles. The molecule has 1 aliphatic heterocycles. The Balaban J connectivity index is 1.62. The number of hydrogen-bond acceptors (Lipinski definition) is 4. The molecule has 0 bridgehead atoms. The summed E-state index contributed by atoms with van der Waals surface area (Å²) in [4.78, 5) is 29.0. The van der Waals surface area contributed by atoms with Gasteiger partial charge >= 0.3 is 0 Å². The van der Waals surface area contributed by atoms with Crippen LogP contribution in [0.3, 0.4) is 0 Å². The molecule has 1 N–H and O–H groups in total. The average molecular weight is 442 g/mol. The summed E-state index contributed by atoms with van der Waals surface area (Å²) >= 11 is 0. The zero-order valence-electron chi connectivity index (χ0n) is 19.3. The second-order valence-electron chi connectivity index (χ2n) is 9.11. The van der Waals surface area contributed by atoms with E-state index < -0.39 is 5.54 Å². The van der Waals surface area contributed by atoms with Crippen molar-refractivity contribution >= 4 is 11.8 Å². The lowest BCUT2D eigenvalue weighted by Gasteiger charge is -2.45. The molecule has 2 amide bonds. The number of aromatic nitrogens is 1. The molecule has 2 aromatic heterocycles. The minimum atomic E-state index is -0.983. The number of ether oxygens (including phenoxy) is 1. The maximum atomic E-state index is 13.7. The fourth-order valence-electron chi connectivity index (χ4n) is 5.00. The SMILES string of the molecule is CCOCCCN1C(=O)c2ccc(-c3ccco3)n2C[C@]1(C)C(=O)NC1CCCCCC1. The second kappa shape index (κ2) is 9.94. The van der Waals surface area contributed by atoms with Gasteiger partial charge in [0.2, 0.25) is 5.91 Å². The number of carbonyl (C=O) groups excluding carboxylic acids is 2. The summed E-state index contributed by atoms with van der Waals surface area (Å²) in [6.07, 6.45) is 9.07. The summed E-state index contributed by atoms with van der Waals surface area (Å²) in [5.74, 6) is 0.503. The smallest absolute Gasteiger partial charge is 0.271 e. The van der Waals surface area contributed by atoms with E-state index in [0.717, 1.165) is 31.4 Å². The summed E-state index contributed by atoms with van der Waals surface area (Å²) in [7, 11) is 0. The van der Waals surface area contributed by atoms with Crippen molar-refractivity contribution in [3.8, 4) is 11.5 Å². The first-order chi connectivity index (χ1) is 15.5. The van der Waals surface area contributed by atoms with E-state index in [1.54, 1.807) is 11.2 Å². The molecule has 174 valence electrons. The maximum absolute atomic E-state index is 13.7. The Morgan fingerprint density at radius 3 is 2.62 bits per heavy atom. The standard InChI is InChI=1S/C25H35N3O4/c1-3-31-16-9-15-28-23(29)21-14-13-20(22-12-8-17-32-22)27(21)18-25(28,2)24(30)26-19-10-6-4-5-7-11-19/h8,12-14,17,19H,3-7,9-11,15-16,18H2,1-2H3,(H,26,30)/t25-/m1/s1. The number of fused-ring (bicyclic) bond motifs is 1. The van der Waals surface area contributed by atoms with Gasteiger partial charge in [-0.05, 0) is 57.4 Å². The van der Waals surface area contributed by atoms with Crippen molar-refractivity contribution in [2.24, 2.45) is 0 Å². The molecule has 1 atom stereocenters. The monoisotopic (exact) mass is 441 g/mol. The van der Waals surface area contributed by atoms with Gasteiger partial charge in [-0.3, -0.25) is 9.59 Å². The number of amides is 2. The van der Waals surface area contributed by atoms with Gasteiger partial charge in [-0.15, -0.1) is 0 Å². The van der Waals surface area contributed by atoms with E-state index in [0.29, 0.717) is 44.2 Å². The fraction of sp³-hybridized carbons (Fsp3) is 0.600. The van der Waals surface area contributed by atoms with Crippen molar-refractivity contribution in [3.63, 3.8) is 0 Å². The van der Waals surface area contributed by atoms with Gasteiger partial charge < -0.3 is 23.9 Å². The first-order valence-corrected chi connectivity index (χ1v) is 12.0. The van der Waals surface area contributed by atoms with Crippen LogP contribution in [0.5, 0.6) is 0 Å². The predicted octanol–water partition coefficient (Wildman–Crippen LogP) is 4.23. The van der Waals surface area contributed by atoms with E-state index in [9.17, 15) is 9.59 Å². The normalized spacial score (nSPS) is 21.9. The van der Waals surface area contributed by atoms with Crippen LogP contribution in [0.4, 0.5) is 0 Å². The molecule has 0 spiro atoms. The molecule has 7 nitrogen and oxygen atoms in total. The van der Waals surface area contributed by atoms with Gasteiger partial charge in [0, 0.05) is 25.8 Å². The van der Waals surface area contributed by atoms with Crippen LogP contribution in [0.25, 0.3) is 11.5 Å². The van der Waals surface area contributed by atoms with Crippen LogP contribution >= 0.6 is 0 Å². The molecular weight excluding hydrogens is 406 g/mol. The Kier molecular flexibility index (Phi) is 7.04. The third kappa shape index (κ3) is 4.49. The molecule has 0 radical (unpaired) electrons. The van der Waals surface area contributed by atoms with Crippen LogP contribution in [0.2, 0.25) is 0 Å². The lowest BCUT2D eigenvalue weighted by Crippen LogP contribution is -2.65. The maximum Gasteiger partial charge on any atom is 0.271 e. The highest BCUT2D eigenvalue weighted by atomic mass is 16.5. The Morgan fingerprint density at radius 2 is 1.94 bits per heavy atom. The van der Waals surface area contributed by atoms with Gasteiger partial charge in [0.1, 0.15) is 17.0 Å². The van der Waals surface area contributed by atoms with E-state index >= 15 is 0 Å². The number of rotatable bonds is 8. The Hall–Kier alpha value is -2.54. The molecule has 1 fully saturated rings. The van der Waals surface area contributed by atoms with Gasteiger partial charge in [-0.2, -0.15) is 0 Å². The molecule has 2 aromatic rings. The van der Waals surface area contributed by atoms with Crippen molar-refractivity contribution < 1.29 is 18.7 Å². The number of nitrogens with zero attached hydrogens (tertiary/aromatic N) is 2. The highest BCUT2D eigenvalue weighted by Crippen LogP contribution is 2.33. The molecule has 1 aliphatic carbocycles. The third-order valence-corrected chi connectivity index (χ3v) is 6.83. The molecule has 4 rings (SSSR count). The molecule has 32 heavy (non-hydrogen) atoms. The van der Waals surface area contributed by atoms with Crippen LogP contribution < -0.4 is 5.32 Å².